The number of fused-ring (bicyclic) bond motifs is 1. The third-order valence-corrected chi connectivity index (χ3v) is 4.77. The number of nitrogens with one attached hydrogen (secondary N) is 1. The van der Waals surface area contributed by atoms with Gasteiger partial charge in [0.05, 0.1) is 11.2 Å². The number of nitrogens with zero attached hydrogens (tertiary/aromatic N) is 2. The molecule has 2 aromatic carbocycles. The highest BCUT2D eigenvalue weighted by molar-refractivity contribution is 6.04. The summed E-state index contributed by atoms with van der Waals surface area (Å²) >= 11 is 0. The first kappa shape index (κ1) is 18.9. The molecule has 0 bridgehead atoms. The molecule has 0 saturated carbocycles. The van der Waals surface area contributed by atoms with Gasteiger partial charge in [0.2, 0.25) is 0 Å². The summed E-state index contributed by atoms with van der Waals surface area (Å²) in [6.45, 7) is 7.83. The SMILES string of the molecule is CCN(CC)Cc1cccc(CNc2c(C(=O)O)cnc3ccccc23)c1. The fraction of sp³-hybridized carbons (Fsp3) is 0.273. The number of pyridine rings is 1. The molecule has 0 spiro atoms. The predicted octanol–water partition coefficient (Wildman–Crippen LogP) is 4.39. The average Bonchev–Trinajstić information content (AvgIpc) is 2.70. The van der Waals surface area contributed by atoms with Crippen LogP contribution in [0.5, 0.6) is 0 Å². The van der Waals surface area contributed by atoms with E-state index in [0.29, 0.717) is 12.2 Å². The van der Waals surface area contributed by atoms with Crippen LogP contribution < -0.4 is 5.32 Å². The number of rotatable bonds is 8. The van der Waals surface area contributed by atoms with E-state index in [0.717, 1.165) is 36.1 Å². The van der Waals surface area contributed by atoms with Gasteiger partial charge in [-0.1, -0.05) is 56.3 Å². The molecule has 1 aromatic heterocycles. The molecule has 0 atom stereocenters. The van der Waals surface area contributed by atoms with E-state index in [9.17, 15) is 9.90 Å². The number of carboxylic acid groups (broad SMARTS) is 1. The first-order chi connectivity index (χ1) is 13.1. The molecule has 27 heavy (non-hydrogen) atoms. The fourth-order valence-electron chi connectivity index (χ4n) is 3.23. The Bertz CT molecular complexity index is 936. The Labute approximate surface area is 159 Å². The summed E-state index contributed by atoms with van der Waals surface area (Å²) in [5.74, 6) is -0.981. The predicted molar refractivity (Wildman–Crippen MR) is 109 cm³/mol. The summed E-state index contributed by atoms with van der Waals surface area (Å²) in [6.07, 6.45) is 1.42. The molecule has 0 radical (unpaired) electrons. The van der Waals surface area contributed by atoms with Crippen LogP contribution in [0.2, 0.25) is 0 Å². The van der Waals surface area contributed by atoms with E-state index >= 15 is 0 Å². The van der Waals surface area contributed by atoms with Crippen LogP contribution in [0.1, 0.15) is 35.3 Å². The Morgan fingerprint density at radius 2 is 1.81 bits per heavy atom. The van der Waals surface area contributed by atoms with E-state index < -0.39 is 5.97 Å². The van der Waals surface area contributed by atoms with Crippen LogP contribution in [0.25, 0.3) is 10.9 Å². The maximum atomic E-state index is 11.6. The molecule has 0 unspecified atom stereocenters. The van der Waals surface area contributed by atoms with Gasteiger partial charge in [0, 0.05) is 24.7 Å². The van der Waals surface area contributed by atoms with Crippen molar-refractivity contribution in [2.75, 3.05) is 18.4 Å². The van der Waals surface area contributed by atoms with Crippen molar-refractivity contribution in [3.05, 3.63) is 71.4 Å². The molecule has 3 rings (SSSR count). The molecule has 0 amide bonds. The number of para-hydroxylation sites is 1. The summed E-state index contributed by atoms with van der Waals surface area (Å²) in [5.41, 5.74) is 3.96. The molecule has 1 heterocycles. The van der Waals surface area contributed by atoms with E-state index in [4.69, 9.17) is 0 Å². The Morgan fingerprint density at radius 1 is 1.07 bits per heavy atom. The number of benzene rings is 2. The van der Waals surface area contributed by atoms with Gasteiger partial charge >= 0.3 is 5.97 Å². The van der Waals surface area contributed by atoms with Crippen molar-refractivity contribution in [2.45, 2.75) is 26.9 Å². The molecule has 0 aliphatic carbocycles. The van der Waals surface area contributed by atoms with E-state index in [2.05, 4.69) is 53.3 Å². The molecular weight excluding hydrogens is 338 g/mol. The molecule has 0 aliphatic rings. The molecule has 5 nitrogen and oxygen atoms in total. The van der Waals surface area contributed by atoms with Gasteiger partial charge in [-0.3, -0.25) is 9.88 Å². The van der Waals surface area contributed by atoms with Gasteiger partial charge in [-0.25, -0.2) is 4.79 Å². The lowest BCUT2D eigenvalue weighted by atomic mass is 10.1. The van der Waals surface area contributed by atoms with Gasteiger partial charge in [-0.15, -0.1) is 0 Å². The Hall–Kier alpha value is -2.92. The lowest BCUT2D eigenvalue weighted by molar-refractivity contribution is 0.0697. The zero-order valence-corrected chi connectivity index (χ0v) is 15.8. The highest BCUT2D eigenvalue weighted by atomic mass is 16.4. The number of hydrogen-bond donors (Lipinski definition) is 2. The van der Waals surface area contributed by atoms with Gasteiger partial charge in [0.15, 0.2) is 0 Å². The molecule has 0 fully saturated rings. The summed E-state index contributed by atoms with van der Waals surface area (Å²) in [4.78, 5) is 18.3. The zero-order chi connectivity index (χ0) is 19.2. The second-order valence-electron chi connectivity index (χ2n) is 6.50. The van der Waals surface area contributed by atoms with Crippen molar-refractivity contribution < 1.29 is 9.90 Å². The number of hydrogen-bond acceptors (Lipinski definition) is 4. The molecule has 2 N–H and O–H groups in total. The van der Waals surface area contributed by atoms with E-state index in [1.54, 1.807) is 0 Å². The van der Waals surface area contributed by atoms with Gasteiger partial charge in [-0.2, -0.15) is 0 Å². The van der Waals surface area contributed by atoms with Crippen LogP contribution in [0.4, 0.5) is 5.69 Å². The Kier molecular flexibility index (Phi) is 6.04. The molecule has 3 aromatic rings. The Balaban J connectivity index is 1.85. The first-order valence-electron chi connectivity index (χ1n) is 9.27. The standard InChI is InChI=1S/C22H25N3O2/c1-3-25(4-2)15-17-9-7-8-16(12-17)13-24-21-18-10-5-6-11-20(18)23-14-19(21)22(26)27/h5-12,14H,3-4,13,15H2,1-2H3,(H,23,24)(H,26,27). The molecular formula is C22H25N3O2. The zero-order valence-electron chi connectivity index (χ0n) is 15.8. The molecule has 0 saturated heterocycles. The lowest BCUT2D eigenvalue weighted by Crippen LogP contribution is -2.22. The summed E-state index contributed by atoms with van der Waals surface area (Å²) in [7, 11) is 0. The third kappa shape index (κ3) is 4.44. The van der Waals surface area contributed by atoms with Gasteiger partial charge in [-0.05, 0) is 30.3 Å². The minimum Gasteiger partial charge on any atom is -0.478 e. The molecule has 0 aliphatic heterocycles. The van der Waals surface area contributed by atoms with Crippen molar-refractivity contribution in [1.82, 2.24) is 9.88 Å². The van der Waals surface area contributed by atoms with Crippen molar-refractivity contribution in [1.29, 1.82) is 0 Å². The Morgan fingerprint density at radius 3 is 2.56 bits per heavy atom. The van der Waals surface area contributed by atoms with Crippen LogP contribution in [0.15, 0.2) is 54.7 Å². The third-order valence-electron chi connectivity index (χ3n) is 4.77. The van der Waals surface area contributed by atoms with Crippen LogP contribution in [0.3, 0.4) is 0 Å². The minimum absolute atomic E-state index is 0.188. The maximum Gasteiger partial charge on any atom is 0.339 e. The van der Waals surface area contributed by atoms with Gasteiger partial charge in [0.25, 0.3) is 0 Å². The van der Waals surface area contributed by atoms with Crippen molar-refractivity contribution in [3.63, 3.8) is 0 Å². The van der Waals surface area contributed by atoms with Crippen molar-refractivity contribution in [2.24, 2.45) is 0 Å². The highest BCUT2D eigenvalue weighted by Gasteiger charge is 2.14. The molecule has 140 valence electrons. The average molecular weight is 363 g/mol. The topological polar surface area (TPSA) is 65.5 Å². The van der Waals surface area contributed by atoms with Crippen LogP contribution in [0, 0.1) is 0 Å². The first-order valence-corrected chi connectivity index (χ1v) is 9.27. The normalized spacial score (nSPS) is 11.1. The summed E-state index contributed by atoms with van der Waals surface area (Å²) < 4.78 is 0. The second-order valence-corrected chi connectivity index (χ2v) is 6.50. The van der Waals surface area contributed by atoms with E-state index in [1.165, 1.54) is 11.8 Å². The van der Waals surface area contributed by atoms with Crippen molar-refractivity contribution >= 4 is 22.6 Å². The highest BCUT2D eigenvalue weighted by Crippen LogP contribution is 2.26. The fourth-order valence-corrected chi connectivity index (χ4v) is 3.23. The number of aromatic nitrogens is 1. The largest absolute Gasteiger partial charge is 0.478 e. The molecule has 5 heteroatoms. The van der Waals surface area contributed by atoms with Crippen molar-refractivity contribution in [3.8, 4) is 0 Å². The van der Waals surface area contributed by atoms with Crippen LogP contribution in [-0.4, -0.2) is 34.0 Å². The number of aromatic carboxylic acids is 1. The monoisotopic (exact) mass is 363 g/mol. The van der Waals surface area contributed by atoms with Crippen LogP contribution in [-0.2, 0) is 13.1 Å². The quantitative estimate of drug-likeness (QED) is 0.621. The number of carbonyl (C=O) groups is 1. The van der Waals surface area contributed by atoms with Gasteiger partial charge in [0.1, 0.15) is 5.56 Å². The summed E-state index contributed by atoms with van der Waals surface area (Å²) in [5, 5.41) is 13.7. The lowest BCUT2D eigenvalue weighted by Gasteiger charge is -2.18. The summed E-state index contributed by atoms with van der Waals surface area (Å²) in [6, 6.07) is 16.0. The van der Waals surface area contributed by atoms with E-state index in [1.807, 2.05) is 24.3 Å². The van der Waals surface area contributed by atoms with Gasteiger partial charge < -0.3 is 10.4 Å². The second kappa shape index (κ2) is 8.64. The number of carboxylic acids is 1. The smallest absolute Gasteiger partial charge is 0.339 e. The van der Waals surface area contributed by atoms with Crippen LogP contribution >= 0.6 is 0 Å². The maximum absolute atomic E-state index is 11.6. The van der Waals surface area contributed by atoms with E-state index in [-0.39, 0.29) is 5.56 Å². The minimum atomic E-state index is -0.981. The number of anilines is 1.